The zero-order valence-corrected chi connectivity index (χ0v) is 70.1. The molecule has 3 amide bonds. The van der Waals surface area contributed by atoms with Crippen molar-refractivity contribution < 1.29 is 153 Å². The Morgan fingerprint density at radius 1 is 0.308 bits per heavy atom. The summed E-state index contributed by atoms with van der Waals surface area (Å²) in [5.41, 5.74) is -6.46. The lowest BCUT2D eigenvalue weighted by atomic mass is 9.60. The SMILES string of the molecule is C1CCC(CC2CCCCC2)CC1.C=CC(=O)OCC(COC(=O)C=C)(COC(=O)C=C)COC(=O)CC1CC(C)(C)CC(C)(CNC(=O)OCC(COC(C)=O)(COC(=O)C=C)COC(=O)C=C)C1.C=CC(=O)OCC(COC(=O)C=C)(COC(=O)C=C)COC(=O)NC.C=CC(=O)OCC(COC(=O)C=C)(COC(=O)C=C)COC(=O)NC. The Labute approximate surface area is 701 Å². The van der Waals surface area contributed by atoms with Crippen LogP contribution in [0.3, 0.4) is 0 Å². The van der Waals surface area contributed by atoms with Crippen LogP contribution in [0.5, 0.6) is 0 Å². The molecular weight excluding hydrogens is 1570 g/mol. The zero-order valence-electron chi connectivity index (χ0n) is 70.1. The van der Waals surface area contributed by atoms with E-state index in [1.54, 1.807) is 32.1 Å². The van der Waals surface area contributed by atoms with E-state index in [9.17, 15) is 76.7 Å². The number of hydrogen-bond donors (Lipinski definition) is 3. The normalized spacial score (nSPS) is 15.3. The number of ether oxygens (including phenoxy) is 16. The van der Waals surface area contributed by atoms with Gasteiger partial charge in [0.15, 0.2) is 0 Å². The van der Waals surface area contributed by atoms with Crippen molar-refractivity contribution in [2.45, 2.75) is 124 Å². The fourth-order valence-electron chi connectivity index (χ4n) is 12.5. The van der Waals surface area contributed by atoms with Crippen molar-refractivity contribution >= 4 is 95.9 Å². The van der Waals surface area contributed by atoms with Crippen LogP contribution in [0, 0.1) is 50.2 Å². The highest BCUT2D eigenvalue weighted by molar-refractivity contribution is 5.85. The van der Waals surface area contributed by atoms with Crippen LogP contribution in [-0.4, -0.2) is 222 Å². The van der Waals surface area contributed by atoms with Gasteiger partial charge in [0, 0.05) is 101 Å². The quantitative estimate of drug-likeness (QED) is 0.0290. The molecule has 0 aromatic heterocycles. The summed E-state index contributed by atoms with van der Waals surface area (Å²) >= 11 is 0. The second-order valence-corrected chi connectivity index (χ2v) is 29.8. The van der Waals surface area contributed by atoms with Gasteiger partial charge in [-0.05, 0) is 54.3 Å². The van der Waals surface area contributed by atoms with Crippen molar-refractivity contribution in [1.82, 2.24) is 16.0 Å². The van der Waals surface area contributed by atoms with E-state index in [-0.39, 0.29) is 77.2 Å². The van der Waals surface area contributed by atoms with E-state index < -0.39 is 176 Å². The number of carbonyl (C=O) groups excluding carboxylic acids is 16. The van der Waals surface area contributed by atoms with E-state index in [0.717, 1.165) is 85.6 Å². The number of nitrogens with one attached hydrogen (secondary N) is 3. The Hall–Kier alpha value is -11.9. The second-order valence-electron chi connectivity index (χ2n) is 29.8. The van der Waals surface area contributed by atoms with Gasteiger partial charge in [-0.1, -0.05) is 157 Å². The van der Waals surface area contributed by atoms with Crippen molar-refractivity contribution in [2.75, 3.05) is 126 Å². The Kier molecular flexibility index (Phi) is 53.0. The first kappa shape index (κ1) is 108. The maximum atomic E-state index is 13.3. The van der Waals surface area contributed by atoms with Crippen LogP contribution in [0.15, 0.2) is 139 Å². The summed E-state index contributed by atoms with van der Waals surface area (Å²) in [5, 5.41) is 7.21. The minimum absolute atomic E-state index is 0.0452. The van der Waals surface area contributed by atoms with Gasteiger partial charge in [-0.25, -0.2) is 67.1 Å². The molecule has 0 aliphatic heterocycles. The second kappa shape index (κ2) is 58.8. The van der Waals surface area contributed by atoms with E-state index in [2.05, 4.69) is 88.3 Å². The third-order valence-corrected chi connectivity index (χ3v) is 18.4. The summed E-state index contributed by atoms with van der Waals surface area (Å²) in [6, 6.07) is 0. The lowest BCUT2D eigenvalue weighted by Crippen LogP contribution is -2.47. The molecule has 0 saturated heterocycles. The molecule has 0 bridgehead atoms. The fourth-order valence-corrected chi connectivity index (χ4v) is 12.5. The summed E-state index contributed by atoms with van der Waals surface area (Å²) in [5.74, 6) is -7.90. The molecule has 3 rings (SSSR count). The number of rotatable bonds is 49. The van der Waals surface area contributed by atoms with Crippen LogP contribution in [0.2, 0.25) is 0 Å². The van der Waals surface area contributed by atoms with Crippen molar-refractivity contribution in [1.29, 1.82) is 0 Å². The molecule has 3 N–H and O–H groups in total. The molecule has 0 aromatic carbocycles. The third-order valence-electron chi connectivity index (χ3n) is 18.4. The molecule has 0 radical (unpaired) electrons. The predicted molar refractivity (Wildman–Crippen MR) is 432 cm³/mol. The molecule has 3 fully saturated rings. The maximum Gasteiger partial charge on any atom is 0.407 e. The van der Waals surface area contributed by atoms with Crippen LogP contribution in [0.1, 0.15) is 124 Å². The van der Waals surface area contributed by atoms with Gasteiger partial charge in [0.1, 0.15) is 127 Å². The highest BCUT2D eigenvalue weighted by Crippen LogP contribution is 2.49. The Bertz CT molecular complexity index is 3210. The molecule has 120 heavy (non-hydrogen) atoms. The summed E-state index contributed by atoms with van der Waals surface area (Å²) in [6.45, 7) is 36.8. The summed E-state index contributed by atoms with van der Waals surface area (Å²) in [4.78, 5) is 188. The molecule has 3 aliphatic rings. The lowest BCUT2D eigenvalue weighted by molar-refractivity contribution is -0.168. The molecule has 2 unspecified atom stereocenters. The first-order valence-corrected chi connectivity index (χ1v) is 38.4. The smallest absolute Gasteiger partial charge is 0.407 e. The predicted octanol–water partition coefficient (Wildman–Crippen LogP) is 9.23. The van der Waals surface area contributed by atoms with Crippen LogP contribution in [0.4, 0.5) is 14.4 Å². The van der Waals surface area contributed by atoms with Gasteiger partial charge in [0.05, 0.1) is 0 Å². The molecule has 0 spiro atoms. The molecule has 0 aromatic rings. The van der Waals surface area contributed by atoms with Gasteiger partial charge in [-0.3, -0.25) is 9.59 Å². The minimum atomic E-state index is -1.49. The maximum absolute atomic E-state index is 13.3. The molecule has 35 heteroatoms. The number of esters is 13. The van der Waals surface area contributed by atoms with Gasteiger partial charge in [0.2, 0.25) is 0 Å². The monoisotopic (exact) mass is 1700 g/mol. The average molecular weight is 1700 g/mol. The molecule has 35 nitrogen and oxygen atoms in total. The molecular formula is C85H121N3O32. The van der Waals surface area contributed by atoms with E-state index in [1.807, 2.05) is 20.8 Å². The largest absolute Gasteiger partial charge is 0.465 e. The summed E-state index contributed by atoms with van der Waals surface area (Å²) in [7, 11) is 2.69. The highest BCUT2D eigenvalue weighted by Gasteiger charge is 2.45. The lowest BCUT2D eigenvalue weighted by Gasteiger charge is -2.46. The van der Waals surface area contributed by atoms with Crippen LogP contribution in [-0.2, 0) is 138 Å². The number of alkyl carbamates (subject to hydrolysis) is 3. The first-order valence-electron chi connectivity index (χ1n) is 38.4. The fraction of sp³-hybridized carbons (Fsp3) is 0.553. The van der Waals surface area contributed by atoms with Crippen LogP contribution >= 0.6 is 0 Å². The van der Waals surface area contributed by atoms with Gasteiger partial charge in [-0.15, -0.1) is 0 Å². The Morgan fingerprint density at radius 3 is 0.767 bits per heavy atom. The highest BCUT2D eigenvalue weighted by atomic mass is 16.6. The Balaban J connectivity index is 0.00000183. The summed E-state index contributed by atoms with van der Waals surface area (Å²) in [6.07, 6.45) is 26.3. The van der Waals surface area contributed by atoms with Gasteiger partial charge < -0.3 is 91.7 Å². The standard InChI is InChI=1S/C40H55NO16.2C16H21NO8.C13H24/c1-10-30(43)51-21-39(20-50-28(6)42,22-52-31(44)11-2)27-57-36(49)41-19-38(9)17-29(16-37(7,8)18-38)15-35(48)56-26-40(23-53-32(45)12-3,24-54-33(46)13-4)25-55-34(47)14-5;2*1-5-12(18)22-8-16(9-23-13(19)6-2,10-24-14(20)7-3)11-25-15(21)17-4;1-3-7-12(8-4-1)11-13-9-5-2-6-10-13/h10-14,29H,1-5,15-27H2,6-9H3,(H,41,49);2*5-7H,1-3,8-11H2,4H3,(H,17,21);12-13H,1-11H2. The molecule has 668 valence electrons. The summed E-state index contributed by atoms with van der Waals surface area (Å²) < 4.78 is 81.7. The van der Waals surface area contributed by atoms with Crippen molar-refractivity contribution in [3.8, 4) is 0 Å². The van der Waals surface area contributed by atoms with E-state index in [0.29, 0.717) is 19.3 Å². The number of carbonyl (C=O) groups is 16. The van der Waals surface area contributed by atoms with E-state index in [1.165, 1.54) is 52.6 Å². The van der Waals surface area contributed by atoms with Crippen LogP contribution < -0.4 is 16.0 Å². The van der Waals surface area contributed by atoms with Gasteiger partial charge >= 0.3 is 95.9 Å². The third kappa shape index (κ3) is 48.1. The Morgan fingerprint density at radius 2 is 0.533 bits per heavy atom. The molecule has 0 heterocycles. The average Bonchev–Trinajstić information content (AvgIpc) is 0.791. The van der Waals surface area contributed by atoms with E-state index >= 15 is 0 Å². The molecule has 2 atom stereocenters. The molecule has 3 aliphatic carbocycles. The topological polar surface area (TPSA) is 457 Å². The minimum Gasteiger partial charge on any atom is -0.465 e. The van der Waals surface area contributed by atoms with Gasteiger partial charge in [0.25, 0.3) is 0 Å². The number of amides is 3. The van der Waals surface area contributed by atoms with E-state index in [4.69, 9.17) is 75.8 Å². The number of hydrogen-bond acceptors (Lipinski definition) is 32. The van der Waals surface area contributed by atoms with Crippen molar-refractivity contribution in [3.05, 3.63) is 139 Å². The zero-order chi connectivity index (χ0) is 90.8. The molecule has 3 saturated carbocycles. The van der Waals surface area contributed by atoms with Gasteiger partial charge in [-0.2, -0.15) is 0 Å². The van der Waals surface area contributed by atoms with Crippen molar-refractivity contribution in [2.24, 2.45) is 50.2 Å². The van der Waals surface area contributed by atoms with Crippen molar-refractivity contribution in [3.63, 3.8) is 0 Å². The van der Waals surface area contributed by atoms with Crippen LogP contribution in [0.25, 0.3) is 0 Å². The first-order chi connectivity index (χ1) is 56.8.